The highest BCUT2D eigenvalue weighted by Crippen LogP contribution is 2.15. The topological polar surface area (TPSA) is 91.4 Å². The molecule has 2 heterocycles. The molecule has 0 bridgehead atoms. The Morgan fingerprint density at radius 2 is 1.78 bits per heavy atom. The third-order valence-electron chi connectivity index (χ3n) is 4.75. The van der Waals surface area contributed by atoms with Crippen molar-refractivity contribution in [3.05, 3.63) is 30.1 Å². The van der Waals surface area contributed by atoms with Crippen molar-refractivity contribution < 1.29 is 13.2 Å². The van der Waals surface area contributed by atoms with Crippen LogP contribution in [0.1, 0.15) is 56.9 Å². The minimum absolute atomic E-state index is 0.192. The Bertz CT molecular complexity index is 644. The van der Waals surface area contributed by atoms with Crippen molar-refractivity contribution in [2.24, 2.45) is 0 Å². The van der Waals surface area contributed by atoms with E-state index < -0.39 is 10.0 Å². The number of carbonyl (C=O) groups excluding carboxylic acids is 1. The molecule has 1 fully saturated rings. The molecule has 0 saturated carbocycles. The molecule has 2 amide bonds. The lowest BCUT2D eigenvalue weighted by molar-refractivity contribution is 0.240. The van der Waals surface area contributed by atoms with Crippen molar-refractivity contribution in [1.29, 1.82) is 0 Å². The molecule has 7 nitrogen and oxygen atoms in total. The molecule has 1 aliphatic heterocycles. The summed E-state index contributed by atoms with van der Waals surface area (Å²) in [6.07, 6.45) is 11.0. The maximum Gasteiger partial charge on any atom is 0.315 e. The summed E-state index contributed by atoms with van der Waals surface area (Å²) < 4.78 is 26.4. The molecule has 8 heteroatoms. The number of nitrogens with one attached hydrogen (secondary N) is 2. The van der Waals surface area contributed by atoms with Gasteiger partial charge < -0.3 is 10.6 Å². The van der Waals surface area contributed by atoms with E-state index in [1.807, 2.05) is 12.1 Å². The molecule has 0 spiro atoms. The summed E-state index contributed by atoms with van der Waals surface area (Å²) in [4.78, 5) is 15.7. The van der Waals surface area contributed by atoms with Crippen molar-refractivity contribution >= 4 is 16.1 Å². The zero-order chi connectivity index (χ0) is 19.4. The molecule has 27 heavy (non-hydrogen) atoms. The Labute approximate surface area is 163 Å². The Kier molecular flexibility index (Phi) is 9.55. The fourth-order valence-corrected chi connectivity index (χ4v) is 4.80. The minimum atomic E-state index is -3.10. The number of amides is 2. The lowest BCUT2D eigenvalue weighted by atomic mass is 10.2. The Morgan fingerprint density at radius 1 is 1.04 bits per heavy atom. The molecule has 1 saturated heterocycles. The van der Waals surface area contributed by atoms with Crippen molar-refractivity contribution in [3.63, 3.8) is 0 Å². The van der Waals surface area contributed by atoms with E-state index in [1.165, 1.54) is 0 Å². The van der Waals surface area contributed by atoms with Crippen LogP contribution >= 0.6 is 0 Å². The van der Waals surface area contributed by atoms with E-state index in [-0.39, 0.29) is 11.8 Å². The van der Waals surface area contributed by atoms with Crippen LogP contribution in [0, 0.1) is 0 Å². The van der Waals surface area contributed by atoms with Gasteiger partial charge in [-0.1, -0.05) is 31.7 Å². The first kappa shape index (κ1) is 21.6. The molecule has 0 radical (unpaired) electrons. The van der Waals surface area contributed by atoms with E-state index in [2.05, 4.69) is 15.6 Å². The van der Waals surface area contributed by atoms with E-state index in [0.29, 0.717) is 32.6 Å². The van der Waals surface area contributed by atoms with E-state index in [1.54, 1.807) is 16.7 Å². The SMILES string of the molecule is O=C(NCCCCCCS(=O)(=O)N1CCCCCC1)NCc1cccnc1. The summed E-state index contributed by atoms with van der Waals surface area (Å²) >= 11 is 0. The number of pyridine rings is 1. The summed E-state index contributed by atoms with van der Waals surface area (Å²) in [6, 6.07) is 3.55. The van der Waals surface area contributed by atoms with Crippen molar-refractivity contribution in [1.82, 2.24) is 19.9 Å². The number of rotatable bonds is 10. The molecular formula is C19H32N4O3S. The number of sulfonamides is 1. The fraction of sp³-hybridized carbons (Fsp3) is 0.684. The van der Waals surface area contributed by atoms with Crippen molar-refractivity contribution in [2.45, 2.75) is 57.9 Å². The summed E-state index contributed by atoms with van der Waals surface area (Å²) in [5, 5.41) is 5.61. The van der Waals surface area contributed by atoms with E-state index >= 15 is 0 Å². The van der Waals surface area contributed by atoms with Crippen LogP contribution < -0.4 is 10.6 Å². The third kappa shape index (κ3) is 8.71. The molecule has 1 aliphatic rings. The quantitative estimate of drug-likeness (QED) is 0.595. The normalized spacial score (nSPS) is 15.9. The van der Waals surface area contributed by atoms with Crippen LogP contribution in [-0.2, 0) is 16.6 Å². The first-order chi connectivity index (χ1) is 13.1. The van der Waals surface area contributed by atoms with Crippen molar-refractivity contribution in [2.75, 3.05) is 25.4 Å². The van der Waals surface area contributed by atoms with Gasteiger partial charge in [-0.3, -0.25) is 4.98 Å². The largest absolute Gasteiger partial charge is 0.338 e. The van der Waals surface area contributed by atoms with Gasteiger partial charge in [0.2, 0.25) is 10.0 Å². The number of hydrogen-bond donors (Lipinski definition) is 2. The summed E-state index contributed by atoms with van der Waals surface area (Å²) in [6.45, 7) is 2.41. The molecule has 1 aromatic heterocycles. The molecule has 1 aromatic rings. The summed E-state index contributed by atoms with van der Waals surface area (Å²) in [7, 11) is -3.10. The first-order valence-corrected chi connectivity index (χ1v) is 11.6. The maximum absolute atomic E-state index is 12.4. The Balaban J connectivity index is 1.49. The number of hydrogen-bond acceptors (Lipinski definition) is 4. The Hall–Kier alpha value is -1.67. The molecule has 2 N–H and O–H groups in total. The molecule has 2 rings (SSSR count). The highest BCUT2D eigenvalue weighted by Gasteiger charge is 2.22. The number of urea groups is 1. The maximum atomic E-state index is 12.4. The zero-order valence-electron chi connectivity index (χ0n) is 16.0. The van der Waals surface area contributed by atoms with Crippen LogP contribution in [0.4, 0.5) is 4.79 Å². The fourth-order valence-electron chi connectivity index (χ4n) is 3.16. The van der Waals surface area contributed by atoms with Crippen LogP contribution in [0.5, 0.6) is 0 Å². The standard InChI is InChI=1S/C19H32N4O3S/c24-19(22-17-18-10-9-11-20-16-18)21-12-5-1-4-8-15-27(25,26)23-13-6-2-3-7-14-23/h9-11,16H,1-8,12-15,17H2,(H2,21,22,24). The van der Waals surface area contributed by atoms with Gasteiger partial charge in [-0.2, -0.15) is 0 Å². The molecule has 0 aromatic carbocycles. The molecular weight excluding hydrogens is 364 g/mol. The monoisotopic (exact) mass is 396 g/mol. The van der Waals surface area contributed by atoms with E-state index in [0.717, 1.165) is 50.5 Å². The average Bonchev–Trinajstić information content (AvgIpc) is 2.96. The van der Waals surface area contributed by atoms with Gasteiger partial charge in [-0.05, 0) is 37.3 Å². The number of carbonyl (C=O) groups is 1. The van der Waals surface area contributed by atoms with Crippen LogP contribution in [0.15, 0.2) is 24.5 Å². The number of nitrogens with zero attached hydrogens (tertiary/aromatic N) is 2. The van der Waals surface area contributed by atoms with Gasteiger partial charge in [0.15, 0.2) is 0 Å². The van der Waals surface area contributed by atoms with Gasteiger partial charge >= 0.3 is 6.03 Å². The van der Waals surface area contributed by atoms with Crippen molar-refractivity contribution in [3.8, 4) is 0 Å². The molecule has 152 valence electrons. The van der Waals surface area contributed by atoms with Gasteiger partial charge in [0.1, 0.15) is 0 Å². The molecule has 0 atom stereocenters. The van der Waals surface area contributed by atoms with Crippen LogP contribution in [0.25, 0.3) is 0 Å². The predicted octanol–water partition coefficient (Wildman–Crippen LogP) is 2.65. The van der Waals surface area contributed by atoms with Crippen LogP contribution in [-0.4, -0.2) is 49.1 Å². The summed E-state index contributed by atoms with van der Waals surface area (Å²) in [5.41, 5.74) is 0.957. The van der Waals surface area contributed by atoms with E-state index in [9.17, 15) is 13.2 Å². The van der Waals surface area contributed by atoms with Gasteiger partial charge in [-0.25, -0.2) is 17.5 Å². The molecule has 0 aliphatic carbocycles. The zero-order valence-corrected chi connectivity index (χ0v) is 16.8. The smallest absolute Gasteiger partial charge is 0.315 e. The van der Waals surface area contributed by atoms with E-state index in [4.69, 9.17) is 0 Å². The summed E-state index contributed by atoms with van der Waals surface area (Å²) in [5.74, 6) is 0.242. The minimum Gasteiger partial charge on any atom is -0.338 e. The second-order valence-corrected chi connectivity index (χ2v) is 9.10. The molecule has 0 unspecified atom stereocenters. The second-order valence-electron chi connectivity index (χ2n) is 7.01. The highest BCUT2D eigenvalue weighted by molar-refractivity contribution is 7.89. The highest BCUT2D eigenvalue weighted by atomic mass is 32.2. The van der Waals surface area contributed by atoms with Gasteiger partial charge in [-0.15, -0.1) is 0 Å². The van der Waals surface area contributed by atoms with Gasteiger partial charge in [0, 0.05) is 38.6 Å². The number of aromatic nitrogens is 1. The lowest BCUT2D eigenvalue weighted by Crippen LogP contribution is -2.35. The van der Waals surface area contributed by atoms with Crippen LogP contribution in [0.2, 0.25) is 0 Å². The van der Waals surface area contributed by atoms with Gasteiger partial charge in [0.25, 0.3) is 0 Å². The third-order valence-corrected chi connectivity index (χ3v) is 6.71. The lowest BCUT2D eigenvalue weighted by Gasteiger charge is -2.19. The number of unbranched alkanes of at least 4 members (excludes halogenated alkanes) is 3. The second kappa shape index (κ2) is 11.9. The first-order valence-electron chi connectivity index (χ1n) is 9.96. The van der Waals surface area contributed by atoms with Gasteiger partial charge in [0.05, 0.1) is 5.75 Å². The average molecular weight is 397 g/mol. The Morgan fingerprint density at radius 3 is 2.48 bits per heavy atom. The van der Waals surface area contributed by atoms with Crippen LogP contribution in [0.3, 0.4) is 0 Å². The predicted molar refractivity (Wildman–Crippen MR) is 107 cm³/mol.